The molecule has 7 rings (SSSR count). The molecule has 0 atom stereocenters. The predicted octanol–water partition coefficient (Wildman–Crippen LogP) is 7.13. The molecule has 234 valence electrons. The van der Waals surface area contributed by atoms with E-state index in [2.05, 4.69) is 36.0 Å². The molecule has 0 unspecified atom stereocenters. The molecule has 45 heavy (non-hydrogen) atoms. The van der Waals surface area contributed by atoms with Crippen molar-refractivity contribution in [3.05, 3.63) is 85.3 Å². The molecule has 1 aliphatic carbocycles. The molecule has 1 N–H and O–H groups in total. The van der Waals surface area contributed by atoms with Gasteiger partial charge in [-0.25, -0.2) is 9.37 Å². The van der Waals surface area contributed by atoms with Crippen LogP contribution in [0.4, 0.5) is 27.3 Å². The third-order valence-corrected chi connectivity index (χ3v) is 11.0. The van der Waals surface area contributed by atoms with Crippen LogP contribution in [0.15, 0.2) is 47.5 Å². The molecule has 1 saturated heterocycles. The Labute approximate surface area is 267 Å². The molecule has 4 aromatic rings. The minimum absolute atomic E-state index is 0.0412. The van der Waals surface area contributed by atoms with Crippen molar-refractivity contribution >= 4 is 40.1 Å². The van der Waals surface area contributed by atoms with Crippen LogP contribution in [0, 0.1) is 17.2 Å². The zero-order valence-corrected chi connectivity index (χ0v) is 27.5. The summed E-state index contributed by atoms with van der Waals surface area (Å²) >= 11 is 1.63. The fourth-order valence-corrected chi connectivity index (χ4v) is 8.83. The number of amides is 1. The fourth-order valence-electron chi connectivity index (χ4n) is 7.26. The Kier molecular flexibility index (Phi) is 7.34. The van der Waals surface area contributed by atoms with Crippen LogP contribution in [-0.2, 0) is 32.7 Å². The van der Waals surface area contributed by atoms with E-state index in [-0.39, 0.29) is 16.9 Å². The summed E-state index contributed by atoms with van der Waals surface area (Å²) in [6.07, 6.45) is 8.12. The van der Waals surface area contributed by atoms with E-state index >= 15 is 4.39 Å². The van der Waals surface area contributed by atoms with Crippen molar-refractivity contribution in [2.24, 2.45) is 18.4 Å². The molecule has 9 heteroatoms. The first kappa shape index (κ1) is 29.7. The summed E-state index contributed by atoms with van der Waals surface area (Å²) in [5, 5.41) is 3.20. The number of pyridine rings is 2. The number of carbonyl (C=O) groups excluding carboxylic acids is 1. The lowest BCUT2D eigenvalue weighted by atomic mass is 9.89. The molecule has 3 aromatic heterocycles. The van der Waals surface area contributed by atoms with Crippen LogP contribution < -0.4 is 20.7 Å². The summed E-state index contributed by atoms with van der Waals surface area (Å²) < 4.78 is 16.9. The van der Waals surface area contributed by atoms with Crippen LogP contribution >= 0.6 is 11.3 Å². The lowest BCUT2D eigenvalue weighted by molar-refractivity contribution is 0.0984. The first-order valence-corrected chi connectivity index (χ1v) is 16.8. The van der Waals surface area contributed by atoms with E-state index in [1.807, 2.05) is 25.3 Å². The molecule has 3 aliphatic rings. The normalized spacial score (nSPS) is 17.3. The summed E-state index contributed by atoms with van der Waals surface area (Å²) in [7, 11) is 1.69. The van der Waals surface area contributed by atoms with Gasteiger partial charge in [-0.2, -0.15) is 0 Å². The van der Waals surface area contributed by atoms with Crippen LogP contribution in [0.25, 0.3) is 11.1 Å². The highest BCUT2D eigenvalue weighted by Gasteiger charge is 2.38. The van der Waals surface area contributed by atoms with Gasteiger partial charge in [0, 0.05) is 43.3 Å². The molecular weight excluding hydrogens is 585 g/mol. The number of nitrogens with zero attached hydrogens (tertiary/aromatic N) is 4. The van der Waals surface area contributed by atoms with Crippen LogP contribution in [0.3, 0.4) is 0 Å². The van der Waals surface area contributed by atoms with Gasteiger partial charge in [-0.1, -0.05) is 27.7 Å². The Bertz CT molecular complexity index is 1870. The van der Waals surface area contributed by atoms with Crippen LogP contribution in [0.5, 0.6) is 0 Å². The largest absolute Gasteiger partial charge is 0.370 e. The number of benzene rings is 1. The van der Waals surface area contributed by atoms with Crippen molar-refractivity contribution in [3.8, 4) is 11.1 Å². The molecule has 1 aromatic carbocycles. The number of nitrogens with one attached hydrogen (secondary N) is 1. The molecule has 0 spiro atoms. The van der Waals surface area contributed by atoms with E-state index < -0.39 is 5.82 Å². The second kappa shape index (κ2) is 11.1. The molecule has 2 aliphatic heterocycles. The minimum atomic E-state index is -0.414. The zero-order chi connectivity index (χ0) is 31.6. The van der Waals surface area contributed by atoms with Crippen molar-refractivity contribution in [3.63, 3.8) is 0 Å². The maximum atomic E-state index is 15.4. The summed E-state index contributed by atoms with van der Waals surface area (Å²) in [6.45, 7) is 11.4. The topological polar surface area (TPSA) is 70.5 Å². The number of anilines is 4. The average Bonchev–Trinajstić information content (AvgIpc) is 3.47. The molecule has 5 heterocycles. The van der Waals surface area contributed by atoms with E-state index in [0.717, 1.165) is 54.4 Å². The van der Waals surface area contributed by atoms with E-state index in [1.54, 1.807) is 35.5 Å². The standard InChI is InChI=1S/C36H40FN5O2S/c1-6-21-18-41(19-21)24-8-9-32(38-17-24)39-29-12-22(20-40(5)34(29)43)27-13-23(37)14-30(25(27)7-2)42-11-10-26-28-15-36(3,4)16-31(28)45-33(26)35(42)44/h8-9,12-14,17,20-21H,6-7,10-11,15-16,18-19H2,1-5H3,(H,38,39). The summed E-state index contributed by atoms with van der Waals surface area (Å²) in [5.74, 6) is 0.847. The van der Waals surface area contributed by atoms with E-state index in [1.165, 1.54) is 39.1 Å². The lowest BCUT2D eigenvalue weighted by Gasteiger charge is -2.40. The molecular formula is C36H40FN5O2S. The third kappa shape index (κ3) is 5.25. The Morgan fingerprint density at radius 3 is 2.60 bits per heavy atom. The molecule has 7 nitrogen and oxygen atoms in total. The van der Waals surface area contributed by atoms with E-state index in [4.69, 9.17) is 0 Å². The number of thiophene rings is 1. The summed E-state index contributed by atoms with van der Waals surface area (Å²) in [6, 6.07) is 8.67. The Balaban J connectivity index is 1.20. The number of rotatable bonds is 7. The molecule has 0 radical (unpaired) electrons. The maximum Gasteiger partial charge on any atom is 0.274 e. The van der Waals surface area contributed by atoms with Gasteiger partial charge in [-0.05, 0) is 96.0 Å². The van der Waals surface area contributed by atoms with Crippen LogP contribution in [0.1, 0.15) is 65.4 Å². The number of carbonyl (C=O) groups is 1. The highest BCUT2D eigenvalue weighted by Crippen LogP contribution is 2.46. The van der Waals surface area contributed by atoms with Crippen molar-refractivity contribution in [1.82, 2.24) is 9.55 Å². The number of aryl methyl sites for hydroxylation is 1. The van der Waals surface area contributed by atoms with E-state index in [9.17, 15) is 9.59 Å². The van der Waals surface area contributed by atoms with Gasteiger partial charge < -0.3 is 19.7 Å². The quantitative estimate of drug-likeness (QED) is 0.237. The van der Waals surface area contributed by atoms with Gasteiger partial charge in [0.2, 0.25) is 0 Å². The number of fused-ring (bicyclic) bond motifs is 3. The highest BCUT2D eigenvalue weighted by atomic mass is 32.1. The average molecular weight is 626 g/mol. The third-order valence-electron chi connectivity index (χ3n) is 9.76. The monoisotopic (exact) mass is 625 g/mol. The Morgan fingerprint density at radius 1 is 1.09 bits per heavy atom. The summed E-state index contributed by atoms with van der Waals surface area (Å²) in [5.41, 5.74) is 6.87. The number of halogens is 1. The number of aromatic nitrogens is 2. The van der Waals surface area contributed by atoms with Gasteiger partial charge in [0.25, 0.3) is 11.5 Å². The maximum absolute atomic E-state index is 15.4. The van der Waals surface area contributed by atoms with Gasteiger partial charge in [-0.15, -0.1) is 11.3 Å². The molecule has 1 fully saturated rings. The smallest absolute Gasteiger partial charge is 0.274 e. The van der Waals surface area contributed by atoms with E-state index in [0.29, 0.717) is 41.3 Å². The predicted molar refractivity (Wildman–Crippen MR) is 181 cm³/mol. The van der Waals surface area contributed by atoms with Gasteiger partial charge in [0.05, 0.1) is 22.4 Å². The first-order valence-electron chi connectivity index (χ1n) is 16.0. The van der Waals surface area contributed by atoms with Gasteiger partial charge in [0.1, 0.15) is 17.3 Å². The summed E-state index contributed by atoms with van der Waals surface area (Å²) in [4.78, 5) is 37.9. The van der Waals surface area contributed by atoms with Crippen molar-refractivity contribution < 1.29 is 9.18 Å². The molecule has 0 saturated carbocycles. The number of hydrogen-bond donors (Lipinski definition) is 1. The fraction of sp³-hybridized carbons (Fsp3) is 0.417. The Hall–Kier alpha value is -3.98. The van der Waals surface area contributed by atoms with Crippen molar-refractivity contribution in [2.45, 2.75) is 59.8 Å². The molecule has 0 bridgehead atoms. The van der Waals surface area contributed by atoms with Gasteiger partial charge in [-0.3, -0.25) is 9.59 Å². The highest BCUT2D eigenvalue weighted by molar-refractivity contribution is 7.14. The molecule has 1 amide bonds. The van der Waals surface area contributed by atoms with Gasteiger partial charge in [0.15, 0.2) is 0 Å². The zero-order valence-electron chi connectivity index (χ0n) is 26.7. The first-order chi connectivity index (χ1) is 21.5. The second-order valence-corrected chi connectivity index (χ2v) is 14.7. The number of hydrogen-bond acceptors (Lipinski definition) is 6. The van der Waals surface area contributed by atoms with Crippen molar-refractivity contribution in [1.29, 1.82) is 0 Å². The van der Waals surface area contributed by atoms with Crippen LogP contribution in [-0.4, -0.2) is 35.1 Å². The Morgan fingerprint density at radius 2 is 1.89 bits per heavy atom. The van der Waals surface area contributed by atoms with Gasteiger partial charge >= 0.3 is 0 Å². The lowest BCUT2D eigenvalue weighted by Crippen LogP contribution is -2.46. The minimum Gasteiger partial charge on any atom is -0.370 e. The van der Waals surface area contributed by atoms with Crippen molar-refractivity contribution in [2.75, 3.05) is 34.8 Å². The van der Waals surface area contributed by atoms with Crippen LogP contribution in [0.2, 0.25) is 0 Å². The second-order valence-electron chi connectivity index (χ2n) is 13.6. The SMILES string of the molecule is CCc1c(-c2cc(Nc3ccc(N4CC(CC)C4)cn3)c(=O)n(C)c2)cc(F)cc1N1CCc2c(sc3c2CC(C)(C)C3)C1=O.